The van der Waals surface area contributed by atoms with Crippen LogP contribution in [0.5, 0.6) is 0 Å². The summed E-state index contributed by atoms with van der Waals surface area (Å²) in [5.74, 6) is 0.474. The summed E-state index contributed by atoms with van der Waals surface area (Å²) >= 11 is 0. The zero-order valence-electron chi connectivity index (χ0n) is 17.6. The number of hydrogen-bond donors (Lipinski definition) is 2. The van der Waals surface area contributed by atoms with E-state index in [9.17, 15) is 4.39 Å². The van der Waals surface area contributed by atoms with Crippen LogP contribution in [0.4, 0.5) is 15.9 Å². The lowest BCUT2D eigenvalue weighted by Crippen LogP contribution is -2.49. The first-order valence-corrected chi connectivity index (χ1v) is 10.3. The van der Waals surface area contributed by atoms with Crippen LogP contribution in [-0.2, 0) is 0 Å². The summed E-state index contributed by atoms with van der Waals surface area (Å²) in [6, 6.07) is 12.6. The molecular formula is C24H23FN6. The molecule has 0 radical (unpaired) electrons. The second kappa shape index (κ2) is 7.50. The molecule has 1 aliphatic heterocycles. The molecule has 0 fully saturated rings. The highest BCUT2D eigenvalue weighted by atomic mass is 19.1. The summed E-state index contributed by atoms with van der Waals surface area (Å²) in [6.45, 7) is 6.14. The van der Waals surface area contributed by atoms with Crippen LogP contribution in [0.2, 0.25) is 0 Å². The van der Waals surface area contributed by atoms with Gasteiger partial charge in [0.25, 0.3) is 0 Å². The van der Waals surface area contributed by atoms with Gasteiger partial charge in [-0.05, 0) is 56.2 Å². The number of anilines is 2. The van der Waals surface area contributed by atoms with Gasteiger partial charge in [-0.25, -0.2) is 14.4 Å². The normalized spacial score (nSPS) is 16.4. The largest absolute Gasteiger partial charge is 0.363 e. The summed E-state index contributed by atoms with van der Waals surface area (Å²) in [5.41, 5.74) is 3.74. The average Bonchev–Trinajstić information content (AvgIpc) is 3.15. The van der Waals surface area contributed by atoms with Crippen LogP contribution in [0, 0.1) is 19.7 Å². The molecule has 2 N–H and O–H groups in total. The third kappa shape index (κ3) is 3.42. The standard InChI is InChI=1S/C24H23FN6/c1-14-6-4-9-20-19(14)12-31(18-8-5-7-17(25)10-18)24(30-20)16(3)29-23-21-15(2)11-26-22(21)27-13-28-23/h4-13,16,24H,1-3H3,(H2,26,27,28,29). The molecule has 1 aliphatic rings. The van der Waals surface area contributed by atoms with E-state index in [2.05, 4.69) is 46.4 Å². The van der Waals surface area contributed by atoms with Gasteiger partial charge in [0.05, 0.1) is 16.8 Å². The number of hydrogen-bond acceptors (Lipinski definition) is 5. The highest BCUT2D eigenvalue weighted by molar-refractivity contribution is 5.90. The number of fused-ring (bicyclic) bond motifs is 2. The Bertz CT molecular complexity index is 1390. The Labute approximate surface area is 179 Å². The number of nitrogens with zero attached hydrogens (tertiary/aromatic N) is 4. The van der Waals surface area contributed by atoms with Crippen molar-refractivity contribution in [2.75, 3.05) is 10.2 Å². The van der Waals surface area contributed by atoms with E-state index in [4.69, 9.17) is 4.99 Å². The molecule has 5 rings (SSSR count). The SMILES string of the molecule is Cc1cccc2c1=CN(c1cccc(F)c1)C(C(C)Nc1ncnc3[nH]cc(C)c13)N=2. The zero-order valence-corrected chi connectivity index (χ0v) is 17.6. The molecule has 2 atom stereocenters. The monoisotopic (exact) mass is 414 g/mol. The molecule has 31 heavy (non-hydrogen) atoms. The minimum Gasteiger partial charge on any atom is -0.363 e. The summed E-state index contributed by atoms with van der Waals surface area (Å²) < 4.78 is 14.0. The first-order chi connectivity index (χ1) is 15.0. The van der Waals surface area contributed by atoms with Crippen LogP contribution in [0.1, 0.15) is 18.1 Å². The predicted molar refractivity (Wildman–Crippen MR) is 121 cm³/mol. The summed E-state index contributed by atoms with van der Waals surface area (Å²) in [6.07, 6.45) is 5.24. The molecule has 2 unspecified atom stereocenters. The van der Waals surface area contributed by atoms with E-state index in [1.165, 1.54) is 12.1 Å². The van der Waals surface area contributed by atoms with Gasteiger partial charge in [0.1, 0.15) is 29.8 Å². The molecule has 6 nitrogen and oxygen atoms in total. The molecule has 3 heterocycles. The molecule has 0 saturated carbocycles. The van der Waals surface area contributed by atoms with E-state index in [1.54, 1.807) is 12.4 Å². The molecule has 0 aliphatic carbocycles. The minimum atomic E-state index is -0.291. The van der Waals surface area contributed by atoms with Crippen molar-refractivity contribution in [1.82, 2.24) is 15.0 Å². The number of aromatic nitrogens is 3. The fraction of sp³-hybridized carbons (Fsp3) is 0.208. The molecule has 0 bridgehead atoms. The van der Waals surface area contributed by atoms with Gasteiger partial charge >= 0.3 is 0 Å². The van der Waals surface area contributed by atoms with Crippen LogP contribution in [0.15, 0.2) is 60.0 Å². The molecule has 7 heteroatoms. The number of halogens is 1. The topological polar surface area (TPSA) is 69.2 Å². The van der Waals surface area contributed by atoms with Gasteiger partial charge in [0.2, 0.25) is 0 Å². The second-order valence-corrected chi connectivity index (χ2v) is 7.92. The van der Waals surface area contributed by atoms with Crippen LogP contribution in [0.25, 0.3) is 17.2 Å². The van der Waals surface area contributed by atoms with Gasteiger partial charge < -0.3 is 15.2 Å². The number of benzene rings is 2. The van der Waals surface area contributed by atoms with Crippen molar-refractivity contribution in [2.24, 2.45) is 4.99 Å². The Morgan fingerprint density at radius 3 is 2.77 bits per heavy atom. The fourth-order valence-electron chi connectivity index (χ4n) is 4.10. The zero-order chi connectivity index (χ0) is 21.5. The number of aromatic amines is 1. The average molecular weight is 414 g/mol. The summed E-state index contributed by atoms with van der Waals surface area (Å²) in [5, 5.41) is 6.45. The molecular weight excluding hydrogens is 391 g/mol. The van der Waals surface area contributed by atoms with E-state index in [0.29, 0.717) is 0 Å². The lowest BCUT2D eigenvalue weighted by atomic mass is 10.1. The number of H-pyrrole nitrogens is 1. The first-order valence-electron chi connectivity index (χ1n) is 10.3. The smallest absolute Gasteiger partial charge is 0.145 e. The fourth-order valence-corrected chi connectivity index (χ4v) is 4.10. The van der Waals surface area contributed by atoms with Crippen molar-refractivity contribution in [3.63, 3.8) is 0 Å². The number of aryl methyl sites for hydroxylation is 2. The molecule has 4 aromatic rings. The lowest BCUT2D eigenvalue weighted by Gasteiger charge is -2.34. The quantitative estimate of drug-likeness (QED) is 0.537. The highest BCUT2D eigenvalue weighted by Crippen LogP contribution is 2.26. The van der Waals surface area contributed by atoms with E-state index in [1.807, 2.05) is 36.2 Å². The lowest BCUT2D eigenvalue weighted by molar-refractivity contribution is 0.580. The van der Waals surface area contributed by atoms with Gasteiger partial charge in [-0.15, -0.1) is 0 Å². The van der Waals surface area contributed by atoms with Crippen molar-refractivity contribution in [2.45, 2.75) is 33.0 Å². The van der Waals surface area contributed by atoms with Crippen molar-refractivity contribution in [1.29, 1.82) is 0 Å². The van der Waals surface area contributed by atoms with Crippen LogP contribution < -0.4 is 20.8 Å². The maximum Gasteiger partial charge on any atom is 0.145 e. The number of rotatable bonds is 4. The Hall–Kier alpha value is -3.74. The van der Waals surface area contributed by atoms with E-state index >= 15 is 0 Å². The maximum absolute atomic E-state index is 14.0. The maximum atomic E-state index is 14.0. The molecule has 2 aromatic heterocycles. The molecule has 0 spiro atoms. The van der Waals surface area contributed by atoms with Gasteiger partial charge in [0.15, 0.2) is 0 Å². The van der Waals surface area contributed by atoms with E-state index in [-0.39, 0.29) is 18.0 Å². The first kappa shape index (κ1) is 19.2. The third-order valence-corrected chi connectivity index (χ3v) is 5.71. The van der Waals surface area contributed by atoms with Gasteiger partial charge in [-0.3, -0.25) is 4.99 Å². The van der Waals surface area contributed by atoms with Crippen molar-refractivity contribution >= 4 is 28.7 Å². The Kier molecular flexibility index (Phi) is 4.66. The minimum absolute atomic E-state index is 0.124. The van der Waals surface area contributed by atoms with Crippen LogP contribution in [-0.4, -0.2) is 27.2 Å². The Morgan fingerprint density at radius 2 is 1.94 bits per heavy atom. The van der Waals surface area contributed by atoms with Crippen molar-refractivity contribution < 1.29 is 4.39 Å². The molecule has 0 amide bonds. The van der Waals surface area contributed by atoms with E-state index in [0.717, 1.165) is 44.2 Å². The molecule has 2 aromatic carbocycles. The second-order valence-electron chi connectivity index (χ2n) is 7.92. The highest BCUT2D eigenvalue weighted by Gasteiger charge is 2.27. The van der Waals surface area contributed by atoms with Crippen LogP contribution >= 0.6 is 0 Å². The predicted octanol–water partition coefficient (Wildman–Crippen LogP) is 3.42. The molecule has 0 saturated heterocycles. The number of nitrogens with one attached hydrogen (secondary N) is 2. The van der Waals surface area contributed by atoms with E-state index < -0.39 is 0 Å². The van der Waals surface area contributed by atoms with Crippen molar-refractivity contribution in [3.8, 4) is 0 Å². The Morgan fingerprint density at radius 1 is 1.10 bits per heavy atom. The van der Waals surface area contributed by atoms with Crippen LogP contribution in [0.3, 0.4) is 0 Å². The van der Waals surface area contributed by atoms with Crippen molar-refractivity contribution in [3.05, 3.63) is 82.5 Å². The van der Waals surface area contributed by atoms with Gasteiger partial charge in [0, 0.05) is 23.3 Å². The molecule has 156 valence electrons. The van der Waals surface area contributed by atoms with Gasteiger partial charge in [-0.1, -0.05) is 18.2 Å². The summed E-state index contributed by atoms with van der Waals surface area (Å²) in [4.78, 5) is 19.0. The Balaban J connectivity index is 1.60. The summed E-state index contributed by atoms with van der Waals surface area (Å²) in [7, 11) is 0. The van der Waals surface area contributed by atoms with Gasteiger partial charge in [-0.2, -0.15) is 0 Å². The third-order valence-electron chi connectivity index (χ3n) is 5.71.